The first-order valence-corrected chi connectivity index (χ1v) is 4.57. The second-order valence-corrected chi connectivity index (χ2v) is 4.16. The van der Waals surface area contributed by atoms with E-state index in [0.717, 1.165) is 0 Å². The first kappa shape index (κ1) is 10.9. The lowest BCUT2D eigenvalue weighted by Crippen LogP contribution is -2.33. The summed E-state index contributed by atoms with van der Waals surface area (Å²) in [4.78, 5) is 11.0. The van der Waals surface area contributed by atoms with Crippen LogP contribution in [-0.2, 0) is 11.2 Å². The van der Waals surface area contributed by atoms with Crippen molar-refractivity contribution in [3.8, 4) is 0 Å². The number of rotatable bonds is 3. The van der Waals surface area contributed by atoms with E-state index in [1.807, 2.05) is 0 Å². The highest BCUT2D eigenvalue weighted by Crippen LogP contribution is 2.19. The van der Waals surface area contributed by atoms with Gasteiger partial charge in [-0.1, -0.05) is 25.4 Å². The van der Waals surface area contributed by atoms with Crippen molar-refractivity contribution in [2.24, 2.45) is 11.1 Å². The first-order chi connectivity index (χ1) is 6.42. The molecule has 0 saturated carbocycles. The van der Waals surface area contributed by atoms with E-state index in [0.29, 0.717) is 17.3 Å². The summed E-state index contributed by atoms with van der Waals surface area (Å²) in [5.41, 5.74) is 5.33. The van der Waals surface area contributed by atoms with Gasteiger partial charge in [0.25, 0.3) is 0 Å². The summed E-state index contributed by atoms with van der Waals surface area (Å²) in [6.07, 6.45) is 0.465. The van der Waals surface area contributed by atoms with Crippen LogP contribution in [0, 0.1) is 5.41 Å². The molecule has 1 aromatic heterocycles. The highest BCUT2D eigenvalue weighted by molar-refractivity contribution is 6.29. The van der Waals surface area contributed by atoms with Gasteiger partial charge >= 0.3 is 0 Å². The van der Waals surface area contributed by atoms with E-state index in [4.69, 9.17) is 17.3 Å². The highest BCUT2D eigenvalue weighted by atomic mass is 35.5. The molecule has 0 radical (unpaired) electrons. The van der Waals surface area contributed by atoms with Crippen molar-refractivity contribution in [2.45, 2.75) is 20.3 Å². The number of nitrogens with zero attached hydrogens (tertiary/aromatic N) is 2. The van der Waals surface area contributed by atoms with Crippen LogP contribution in [0.15, 0.2) is 12.1 Å². The van der Waals surface area contributed by atoms with E-state index in [1.165, 1.54) is 0 Å². The monoisotopic (exact) mass is 213 g/mol. The molecule has 76 valence electrons. The Morgan fingerprint density at radius 3 is 2.57 bits per heavy atom. The van der Waals surface area contributed by atoms with Crippen LogP contribution in [0.2, 0.25) is 5.15 Å². The summed E-state index contributed by atoms with van der Waals surface area (Å²) < 4.78 is 0. The van der Waals surface area contributed by atoms with E-state index in [2.05, 4.69) is 10.2 Å². The number of amides is 1. The van der Waals surface area contributed by atoms with Gasteiger partial charge in [0, 0.05) is 11.8 Å². The number of halogens is 1. The molecule has 2 N–H and O–H groups in total. The summed E-state index contributed by atoms with van der Waals surface area (Å²) in [6, 6.07) is 3.38. The van der Waals surface area contributed by atoms with Crippen molar-refractivity contribution >= 4 is 17.5 Å². The first-order valence-electron chi connectivity index (χ1n) is 4.20. The molecular formula is C9H12ClN3O. The van der Waals surface area contributed by atoms with Crippen LogP contribution in [0.5, 0.6) is 0 Å². The van der Waals surface area contributed by atoms with Gasteiger partial charge in [0.15, 0.2) is 5.15 Å². The van der Waals surface area contributed by atoms with Crippen molar-refractivity contribution in [1.29, 1.82) is 0 Å². The number of primary amides is 1. The van der Waals surface area contributed by atoms with Crippen LogP contribution in [0.1, 0.15) is 19.5 Å². The maximum absolute atomic E-state index is 11.0. The molecule has 0 fully saturated rings. The average molecular weight is 214 g/mol. The molecule has 0 atom stereocenters. The Morgan fingerprint density at radius 2 is 2.14 bits per heavy atom. The van der Waals surface area contributed by atoms with Gasteiger partial charge in [-0.25, -0.2) is 0 Å². The summed E-state index contributed by atoms with van der Waals surface area (Å²) in [5, 5.41) is 7.88. The molecule has 0 aliphatic carbocycles. The molecule has 0 aliphatic rings. The van der Waals surface area contributed by atoms with Gasteiger partial charge in [-0.2, -0.15) is 5.10 Å². The highest BCUT2D eigenvalue weighted by Gasteiger charge is 2.25. The van der Waals surface area contributed by atoms with Crippen LogP contribution in [0.4, 0.5) is 0 Å². The lowest BCUT2D eigenvalue weighted by Gasteiger charge is -2.18. The Labute approximate surface area is 87.5 Å². The standard InChI is InChI=1S/C9H12ClN3O/c1-9(2,8(11)14)5-6-3-4-7(10)13-12-6/h3-4H,5H2,1-2H3,(H2,11,14). The fraction of sp³-hybridized carbons (Fsp3) is 0.444. The summed E-state index contributed by atoms with van der Waals surface area (Å²) in [5.74, 6) is -0.353. The van der Waals surface area contributed by atoms with Crippen molar-refractivity contribution in [1.82, 2.24) is 10.2 Å². The lowest BCUT2D eigenvalue weighted by atomic mass is 9.87. The molecule has 1 amide bonds. The smallest absolute Gasteiger partial charge is 0.223 e. The van der Waals surface area contributed by atoms with Gasteiger partial charge in [-0.3, -0.25) is 4.79 Å². The normalized spacial score (nSPS) is 11.4. The van der Waals surface area contributed by atoms with Gasteiger partial charge in [0.2, 0.25) is 5.91 Å². The maximum Gasteiger partial charge on any atom is 0.223 e. The summed E-state index contributed by atoms with van der Waals surface area (Å²) in [7, 11) is 0. The van der Waals surface area contributed by atoms with Gasteiger partial charge < -0.3 is 5.73 Å². The number of carbonyl (C=O) groups excluding carboxylic acids is 1. The minimum atomic E-state index is -0.609. The fourth-order valence-corrected chi connectivity index (χ4v) is 1.08. The lowest BCUT2D eigenvalue weighted by molar-refractivity contribution is -0.125. The number of aromatic nitrogens is 2. The molecule has 0 bridgehead atoms. The Bertz CT molecular complexity index is 334. The van der Waals surface area contributed by atoms with Crippen molar-refractivity contribution in [3.05, 3.63) is 23.0 Å². The van der Waals surface area contributed by atoms with Crippen molar-refractivity contribution in [2.75, 3.05) is 0 Å². The molecule has 0 saturated heterocycles. The second-order valence-electron chi connectivity index (χ2n) is 3.77. The van der Waals surface area contributed by atoms with Crippen LogP contribution >= 0.6 is 11.6 Å². The van der Waals surface area contributed by atoms with E-state index in [-0.39, 0.29) is 5.91 Å². The zero-order valence-corrected chi connectivity index (χ0v) is 8.88. The largest absolute Gasteiger partial charge is 0.369 e. The fourth-order valence-electron chi connectivity index (χ4n) is 0.978. The minimum absolute atomic E-state index is 0.339. The second kappa shape index (κ2) is 3.92. The van der Waals surface area contributed by atoms with Crippen molar-refractivity contribution in [3.63, 3.8) is 0 Å². The van der Waals surface area contributed by atoms with Crippen LogP contribution in [0.3, 0.4) is 0 Å². The Hall–Kier alpha value is -1.16. The Morgan fingerprint density at radius 1 is 1.50 bits per heavy atom. The predicted octanol–water partition coefficient (Wildman–Crippen LogP) is 1.18. The molecule has 1 rings (SSSR count). The zero-order valence-electron chi connectivity index (χ0n) is 8.12. The van der Waals surface area contributed by atoms with Gasteiger partial charge in [0.1, 0.15) is 0 Å². The Balaban J connectivity index is 2.79. The molecule has 0 unspecified atom stereocenters. The average Bonchev–Trinajstić information content (AvgIpc) is 2.08. The molecule has 14 heavy (non-hydrogen) atoms. The number of carbonyl (C=O) groups is 1. The van der Waals surface area contributed by atoms with Gasteiger partial charge in [0.05, 0.1) is 5.69 Å². The summed E-state index contributed by atoms with van der Waals surface area (Å²) in [6.45, 7) is 3.54. The minimum Gasteiger partial charge on any atom is -0.369 e. The van der Waals surface area contributed by atoms with Crippen LogP contribution in [-0.4, -0.2) is 16.1 Å². The number of nitrogens with two attached hydrogens (primary N) is 1. The van der Waals surface area contributed by atoms with Crippen LogP contribution in [0.25, 0.3) is 0 Å². The zero-order chi connectivity index (χ0) is 10.8. The van der Waals surface area contributed by atoms with Gasteiger partial charge in [-0.05, 0) is 12.1 Å². The third kappa shape index (κ3) is 2.67. The van der Waals surface area contributed by atoms with E-state index in [1.54, 1.807) is 26.0 Å². The van der Waals surface area contributed by atoms with E-state index >= 15 is 0 Å². The van der Waals surface area contributed by atoms with E-state index < -0.39 is 5.41 Å². The molecular weight excluding hydrogens is 202 g/mol. The third-order valence-corrected chi connectivity index (χ3v) is 2.18. The molecule has 0 aromatic carbocycles. The third-order valence-electron chi connectivity index (χ3n) is 1.98. The summed E-state index contributed by atoms with van der Waals surface area (Å²) >= 11 is 5.58. The van der Waals surface area contributed by atoms with E-state index in [9.17, 15) is 4.79 Å². The molecule has 5 heteroatoms. The molecule has 0 aliphatic heterocycles. The van der Waals surface area contributed by atoms with Crippen molar-refractivity contribution < 1.29 is 4.79 Å². The predicted molar refractivity (Wildman–Crippen MR) is 53.7 cm³/mol. The van der Waals surface area contributed by atoms with Gasteiger partial charge in [-0.15, -0.1) is 5.10 Å². The number of hydrogen-bond donors (Lipinski definition) is 1. The number of hydrogen-bond acceptors (Lipinski definition) is 3. The SMILES string of the molecule is CC(C)(Cc1ccc(Cl)nn1)C(N)=O. The Kier molecular flexibility index (Phi) is 3.06. The molecule has 1 heterocycles. The molecule has 1 aromatic rings. The maximum atomic E-state index is 11.0. The van der Waals surface area contributed by atoms with Crippen LogP contribution < -0.4 is 5.73 Å². The quantitative estimate of drug-likeness (QED) is 0.820. The molecule has 0 spiro atoms. The topological polar surface area (TPSA) is 68.9 Å². The molecule has 4 nitrogen and oxygen atoms in total.